The van der Waals surface area contributed by atoms with Crippen LogP contribution < -0.4 is 0 Å². The van der Waals surface area contributed by atoms with Gasteiger partial charge in [-0.25, -0.2) is 9.97 Å². The third-order valence-electron chi connectivity index (χ3n) is 11.1. The van der Waals surface area contributed by atoms with E-state index in [1.807, 2.05) is 24.3 Å². The van der Waals surface area contributed by atoms with Crippen LogP contribution in [0.25, 0.3) is 110 Å². The topological polar surface area (TPSA) is 48.8 Å². The van der Waals surface area contributed by atoms with Gasteiger partial charge < -0.3 is 8.98 Å². The lowest BCUT2D eigenvalue weighted by atomic mass is 10.0. The molecule has 0 spiro atoms. The molecule has 0 aliphatic rings. The zero-order valence-electron chi connectivity index (χ0n) is 29.5. The van der Waals surface area contributed by atoms with E-state index in [0.717, 1.165) is 82.7 Å². The number of nitrogens with zero attached hydrogens (tertiary/aromatic N) is 4. The fourth-order valence-corrected chi connectivity index (χ4v) is 8.71. The van der Waals surface area contributed by atoms with Gasteiger partial charge in [0.1, 0.15) is 11.2 Å². The zero-order valence-corrected chi connectivity index (χ0v) is 29.5. The van der Waals surface area contributed by atoms with Crippen molar-refractivity contribution in [2.24, 2.45) is 0 Å². The normalized spacial score (nSPS) is 12.0. The number of rotatable bonds is 4. The Bertz CT molecular complexity index is 3500. The van der Waals surface area contributed by atoms with E-state index < -0.39 is 0 Å². The van der Waals surface area contributed by atoms with Gasteiger partial charge >= 0.3 is 0 Å². The molecule has 0 amide bonds. The van der Waals surface area contributed by atoms with E-state index in [1.54, 1.807) is 0 Å². The van der Waals surface area contributed by atoms with Crippen LogP contribution in [0.2, 0.25) is 0 Å². The van der Waals surface area contributed by atoms with E-state index in [0.29, 0.717) is 5.95 Å². The molecule has 4 heterocycles. The number of furan rings is 1. The molecule has 5 nitrogen and oxygen atoms in total. The summed E-state index contributed by atoms with van der Waals surface area (Å²) in [6.07, 6.45) is 0. The molecule has 12 rings (SSSR count). The molecule has 8 aromatic carbocycles. The molecule has 0 saturated carbocycles. The molecule has 5 heteroatoms. The lowest BCUT2D eigenvalue weighted by molar-refractivity contribution is 0.669. The summed E-state index contributed by atoms with van der Waals surface area (Å²) in [6.45, 7) is 0. The summed E-state index contributed by atoms with van der Waals surface area (Å²) < 4.78 is 10.9. The van der Waals surface area contributed by atoms with E-state index in [2.05, 4.69) is 167 Å². The first-order chi connectivity index (χ1) is 27.3. The smallest absolute Gasteiger partial charge is 0.235 e. The standard InChI is InChI=1S/C50H30N4O/c1-2-13-33(14-3-1)53-42-21-9-5-15-34(42)36-27-25-32(30-45(36)53)31-26-28-44-40(29-31)35-16-6-10-22-43(35)54(44)50-51-41-20-8-4-17-37(41)49(52-50)39-19-12-24-47-48(39)38-18-7-11-23-46(38)55-47/h1-30H. The molecular weight excluding hydrogens is 673 g/mol. The molecule has 256 valence electrons. The van der Waals surface area contributed by atoms with Gasteiger partial charge in [-0.3, -0.25) is 4.57 Å². The molecule has 0 unspecified atom stereocenters. The third kappa shape index (κ3) is 4.41. The molecule has 55 heavy (non-hydrogen) atoms. The first-order valence-corrected chi connectivity index (χ1v) is 18.6. The lowest BCUT2D eigenvalue weighted by Crippen LogP contribution is -2.03. The predicted molar refractivity (Wildman–Crippen MR) is 226 cm³/mol. The fourth-order valence-electron chi connectivity index (χ4n) is 8.71. The fraction of sp³-hybridized carbons (Fsp3) is 0. The summed E-state index contributed by atoms with van der Waals surface area (Å²) in [5, 5.41) is 7.92. The van der Waals surface area contributed by atoms with Gasteiger partial charge in [0.05, 0.1) is 33.3 Å². The first-order valence-electron chi connectivity index (χ1n) is 18.6. The Kier molecular flexibility index (Phi) is 6.27. The van der Waals surface area contributed by atoms with Gasteiger partial charge in [0.15, 0.2) is 0 Å². The molecule has 4 aromatic heterocycles. The lowest BCUT2D eigenvalue weighted by Gasteiger charge is -2.12. The van der Waals surface area contributed by atoms with Gasteiger partial charge in [-0.1, -0.05) is 121 Å². The number of fused-ring (bicyclic) bond motifs is 10. The maximum absolute atomic E-state index is 6.31. The molecule has 0 aliphatic carbocycles. The average Bonchev–Trinajstić information content (AvgIpc) is 3.91. The third-order valence-corrected chi connectivity index (χ3v) is 11.1. The highest BCUT2D eigenvalue weighted by Gasteiger charge is 2.21. The van der Waals surface area contributed by atoms with Crippen LogP contribution in [0.4, 0.5) is 0 Å². The second-order valence-corrected chi connectivity index (χ2v) is 14.2. The van der Waals surface area contributed by atoms with Crippen LogP contribution in [0.5, 0.6) is 0 Å². The van der Waals surface area contributed by atoms with Crippen LogP contribution in [-0.2, 0) is 0 Å². The Balaban J connectivity index is 1.08. The molecule has 12 aromatic rings. The molecule has 0 N–H and O–H groups in total. The molecule has 0 bridgehead atoms. The van der Waals surface area contributed by atoms with Crippen molar-refractivity contribution in [3.8, 4) is 34.0 Å². The van der Waals surface area contributed by atoms with Crippen LogP contribution in [-0.4, -0.2) is 19.1 Å². The second-order valence-electron chi connectivity index (χ2n) is 14.2. The Morgan fingerprint density at radius 2 is 1.00 bits per heavy atom. The highest BCUT2D eigenvalue weighted by atomic mass is 16.3. The van der Waals surface area contributed by atoms with Crippen molar-refractivity contribution in [2.45, 2.75) is 0 Å². The van der Waals surface area contributed by atoms with Crippen molar-refractivity contribution >= 4 is 76.5 Å². The Morgan fingerprint density at radius 3 is 1.85 bits per heavy atom. The van der Waals surface area contributed by atoms with Gasteiger partial charge in [-0.15, -0.1) is 0 Å². The van der Waals surface area contributed by atoms with E-state index in [4.69, 9.17) is 14.4 Å². The SMILES string of the molecule is c1ccc(-n2c3ccccc3c3ccc(-c4ccc5c(c4)c4ccccc4n5-c4nc(-c5cccc6oc7ccccc7c56)c5ccccc5n4)cc32)cc1. The summed E-state index contributed by atoms with van der Waals surface area (Å²) in [4.78, 5) is 10.7. The van der Waals surface area contributed by atoms with E-state index in [-0.39, 0.29) is 0 Å². The quantitative estimate of drug-likeness (QED) is 0.183. The highest BCUT2D eigenvalue weighted by molar-refractivity contribution is 6.15. The van der Waals surface area contributed by atoms with Gasteiger partial charge in [0.2, 0.25) is 5.95 Å². The Labute approximate surface area is 315 Å². The van der Waals surface area contributed by atoms with E-state index in [9.17, 15) is 0 Å². The minimum atomic E-state index is 0.631. The first kappa shape index (κ1) is 30.0. The molecule has 0 fully saturated rings. The van der Waals surface area contributed by atoms with Crippen molar-refractivity contribution in [2.75, 3.05) is 0 Å². The van der Waals surface area contributed by atoms with Crippen LogP contribution >= 0.6 is 0 Å². The Hall–Kier alpha value is -7.50. The summed E-state index contributed by atoms with van der Waals surface area (Å²) in [7, 11) is 0. The molecule has 0 radical (unpaired) electrons. The van der Waals surface area contributed by atoms with Crippen molar-refractivity contribution in [1.29, 1.82) is 0 Å². The summed E-state index contributed by atoms with van der Waals surface area (Å²) in [5.74, 6) is 0.631. The summed E-state index contributed by atoms with van der Waals surface area (Å²) in [6, 6.07) is 64.3. The summed E-state index contributed by atoms with van der Waals surface area (Å²) >= 11 is 0. The maximum atomic E-state index is 6.31. The van der Waals surface area contributed by atoms with E-state index >= 15 is 0 Å². The number of para-hydroxylation sites is 5. The molecule has 0 atom stereocenters. The maximum Gasteiger partial charge on any atom is 0.235 e. The van der Waals surface area contributed by atoms with Gasteiger partial charge in [-0.05, 0) is 71.8 Å². The van der Waals surface area contributed by atoms with Crippen LogP contribution in [0.15, 0.2) is 186 Å². The molecular formula is C50H30N4O. The van der Waals surface area contributed by atoms with Crippen molar-refractivity contribution in [1.82, 2.24) is 19.1 Å². The Morgan fingerprint density at radius 1 is 0.382 bits per heavy atom. The molecule has 0 aliphatic heterocycles. The van der Waals surface area contributed by atoms with Gasteiger partial charge in [-0.2, -0.15) is 0 Å². The van der Waals surface area contributed by atoms with Crippen LogP contribution in [0.1, 0.15) is 0 Å². The largest absolute Gasteiger partial charge is 0.456 e. The number of benzene rings is 8. The predicted octanol–water partition coefficient (Wildman–Crippen LogP) is 13.1. The minimum Gasteiger partial charge on any atom is -0.456 e. The summed E-state index contributed by atoms with van der Waals surface area (Å²) in [5.41, 5.74) is 12.5. The average molecular weight is 703 g/mol. The monoisotopic (exact) mass is 702 g/mol. The van der Waals surface area contributed by atoms with E-state index in [1.165, 1.54) is 21.8 Å². The molecule has 0 saturated heterocycles. The van der Waals surface area contributed by atoms with Crippen molar-refractivity contribution < 1.29 is 4.42 Å². The zero-order chi connectivity index (χ0) is 36.0. The number of hydrogen-bond acceptors (Lipinski definition) is 3. The highest BCUT2D eigenvalue weighted by Crippen LogP contribution is 2.41. The van der Waals surface area contributed by atoms with Crippen LogP contribution in [0.3, 0.4) is 0 Å². The van der Waals surface area contributed by atoms with Gasteiger partial charge in [0.25, 0.3) is 0 Å². The van der Waals surface area contributed by atoms with Crippen molar-refractivity contribution in [3.05, 3.63) is 182 Å². The van der Waals surface area contributed by atoms with Crippen molar-refractivity contribution in [3.63, 3.8) is 0 Å². The second kappa shape index (κ2) is 11.5. The minimum absolute atomic E-state index is 0.631. The number of aromatic nitrogens is 4. The van der Waals surface area contributed by atoms with Gasteiger partial charge in [0, 0.05) is 49.0 Å². The number of hydrogen-bond donors (Lipinski definition) is 0. The van der Waals surface area contributed by atoms with Crippen LogP contribution in [0, 0.1) is 0 Å².